The third kappa shape index (κ3) is 3.31. The molecule has 0 atom stereocenters. The molecule has 2 aromatic rings. The lowest BCUT2D eigenvalue weighted by atomic mass is 10.2. The van der Waals surface area contributed by atoms with Gasteiger partial charge in [0.25, 0.3) is 0 Å². The maximum absolute atomic E-state index is 13.5. The molecule has 0 radical (unpaired) electrons. The Hall–Kier alpha value is -2.44. The van der Waals surface area contributed by atoms with Crippen molar-refractivity contribution >= 4 is 17.6 Å². The molecule has 1 aromatic heterocycles. The Kier molecular flexibility index (Phi) is 4.29. The summed E-state index contributed by atoms with van der Waals surface area (Å²) in [5.74, 6) is -0.0422. The van der Waals surface area contributed by atoms with Crippen LogP contribution in [0.15, 0.2) is 18.2 Å². The minimum Gasteiger partial charge on any atom is -0.463 e. The number of benzene rings is 1. The summed E-state index contributed by atoms with van der Waals surface area (Å²) in [6, 6.07) is 4.86. The first kappa shape index (κ1) is 14.0. The van der Waals surface area contributed by atoms with Crippen LogP contribution < -0.4 is 15.8 Å². The van der Waals surface area contributed by atoms with E-state index in [1.165, 1.54) is 6.07 Å². The summed E-state index contributed by atoms with van der Waals surface area (Å²) in [6.45, 7) is 4.12. The minimum absolute atomic E-state index is 0.0441. The lowest BCUT2D eigenvalue weighted by Gasteiger charge is -2.10. The molecule has 0 aliphatic heterocycles. The summed E-state index contributed by atoms with van der Waals surface area (Å²) in [6.07, 6.45) is 0.831. The normalized spacial score (nSPS) is 10.3. The summed E-state index contributed by atoms with van der Waals surface area (Å²) >= 11 is 0. The molecule has 106 valence electrons. The average Bonchev–Trinajstić information content (AvgIpc) is 2.41. The highest BCUT2D eigenvalue weighted by Crippen LogP contribution is 2.21. The van der Waals surface area contributed by atoms with E-state index in [-0.39, 0.29) is 23.7 Å². The molecule has 0 aliphatic carbocycles. The molecule has 0 spiro atoms. The van der Waals surface area contributed by atoms with Crippen molar-refractivity contribution in [3.63, 3.8) is 0 Å². The van der Waals surface area contributed by atoms with Gasteiger partial charge in [0.2, 0.25) is 11.9 Å². The van der Waals surface area contributed by atoms with Gasteiger partial charge in [0, 0.05) is 11.3 Å². The second-order valence-electron chi connectivity index (χ2n) is 4.19. The molecule has 0 aliphatic rings. The summed E-state index contributed by atoms with van der Waals surface area (Å²) in [5, 5.41) is 2.91. The van der Waals surface area contributed by atoms with Crippen molar-refractivity contribution in [2.75, 3.05) is 17.7 Å². The number of nitrogens with zero attached hydrogens (tertiary/aromatic N) is 3. The number of nitrogens with two attached hydrogens (primary N) is 1. The van der Waals surface area contributed by atoms with E-state index in [0.29, 0.717) is 17.9 Å². The van der Waals surface area contributed by atoms with Crippen LogP contribution in [0.5, 0.6) is 6.01 Å². The van der Waals surface area contributed by atoms with E-state index in [9.17, 15) is 4.39 Å². The maximum atomic E-state index is 13.5. The fourth-order valence-electron chi connectivity index (χ4n) is 1.55. The fraction of sp³-hybridized carbons (Fsp3) is 0.308. The number of rotatable bonds is 5. The number of nitrogen functional groups attached to an aromatic ring is 1. The van der Waals surface area contributed by atoms with Gasteiger partial charge in [-0.05, 0) is 25.5 Å². The number of nitrogens with one attached hydrogen (secondary N) is 1. The van der Waals surface area contributed by atoms with Crippen molar-refractivity contribution in [3.8, 4) is 6.01 Å². The van der Waals surface area contributed by atoms with E-state index >= 15 is 0 Å². The van der Waals surface area contributed by atoms with Gasteiger partial charge in [0.1, 0.15) is 5.82 Å². The van der Waals surface area contributed by atoms with Crippen molar-refractivity contribution in [2.45, 2.75) is 20.3 Å². The summed E-state index contributed by atoms with van der Waals surface area (Å²) in [4.78, 5) is 11.9. The molecular weight excluding hydrogens is 261 g/mol. The first-order chi connectivity index (χ1) is 9.60. The van der Waals surface area contributed by atoms with Crippen LogP contribution in [0.25, 0.3) is 0 Å². The van der Waals surface area contributed by atoms with Gasteiger partial charge in [0.15, 0.2) is 0 Å². The molecule has 2 rings (SSSR count). The predicted octanol–water partition coefficient (Wildman–Crippen LogP) is 2.43. The van der Waals surface area contributed by atoms with Crippen molar-refractivity contribution < 1.29 is 9.13 Å². The molecule has 20 heavy (non-hydrogen) atoms. The predicted molar refractivity (Wildman–Crippen MR) is 74.4 cm³/mol. The number of aromatic nitrogens is 3. The number of ether oxygens (including phenoxy) is 1. The topological polar surface area (TPSA) is 86.0 Å². The molecule has 0 saturated carbocycles. The molecule has 0 fully saturated rings. The highest BCUT2D eigenvalue weighted by Gasteiger charge is 2.08. The molecule has 6 nitrogen and oxygen atoms in total. The van der Waals surface area contributed by atoms with Crippen LogP contribution in [-0.4, -0.2) is 21.6 Å². The zero-order chi connectivity index (χ0) is 14.5. The number of hydrogen-bond donors (Lipinski definition) is 2. The van der Waals surface area contributed by atoms with Crippen LogP contribution in [-0.2, 0) is 0 Å². The first-order valence-corrected chi connectivity index (χ1v) is 6.26. The van der Waals surface area contributed by atoms with Gasteiger partial charge in [-0.2, -0.15) is 15.0 Å². The van der Waals surface area contributed by atoms with Gasteiger partial charge in [-0.1, -0.05) is 13.0 Å². The molecule has 1 heterocycles. The Morgan fingerprint density at radius 3 is 2.85 bits per heavy atom. The monoisotopic (exact) mass is 277 g/mol. The number of hydrogen-bond acceptors (Lipinski definition) is 6. The molecule has 1 aromatic carbocycles. The van der Waals surface area contributed by atoms with E-state index in [1.807, 2.05) is 6.92 Å². The molecule has 0 bridgehead atoms. The Morgan fingerprint density at radius 1 is 1.30 bits per heavy atom. The maximum Gasteiger partial charge on any atom is 0.323 e. The van der Waals surface area contributed by atoms with Crippen LogP contribution in [0, 0.1) is 12.7 Å². The third-order valence-electron chi connectivity index (χ3n) is 2.58. The van der Waals surface area contributed by atoms with E-state index in [4.69, 9.17) is 10.5 Å². The Labute approximate surface area is 116 Å². The standard InChI is InChI=1S/C13H16FN5O/c1-3-7-20-13-18-11(15)17-12(19-13)16-10-6-4-5-9(14)8(10)2/h4-6H,3,7H2,1-2H3,(H3,15,16,17,18,19). The second-order valence-corrected chi connectivity index (χ2v) is 4.19. The Balaban J connectivity index is 2.24. The van der Waals surface area contributed by atoms with Crippen LogP contribution in [0.2, 0.25) is 0 Å². The van der Waals surface area contributed by atoms with Crippen molar-refractivity contribution in [1.29, 1.82) is 0 Å². The third-order valence-corrected chi connectivity index (χ3v) is 2.58. The van der Waals surface area contributed by atoms with E-state index in [0.717, 1.165) is 6.42 Å². The van der Waals surface area contributed by atoms with Gasteiger partial charge in [0.05, 0.1) is 6.61 Å². The van der Waals surface area contributed by atoms with Gasteiger partial charge < -0.3 is 15.8 Å². The van der Waals surface area contributed by atoms with Gasteiger partial charge in [-0.15, -0.1) is 0 Å². The highest BCUT2D eigenvalue weighted by molar-refractivity contribution is 5.58. The van der Waals surface area contributed by atoms with Gasteiger partial charge in [-0.3, -0.25) is 0 Å². The van der Waals surface area contributed by atoms with Crippen LogP contribution in [0.4, 0.5) is 22.0 Å². The molecule has 0 saturated heterocycles. The van der Waals surface area contributed by atoms with Crippen molar-refractivity contribution in [2.24, 2.45) is 0 Å². The van der Waals surface area contributed by atoms with E-state index in [2.05, 4.69) is 20.3 Å². The summed E-state index contributed by atoms with van der Waals surface area (Å²) < 4.78 is 18.8. The van der Waals surface area contributed by atoms with Crippen molar-refractivity contribution in [1.82, 2.24) is 15.0 Å². The zero-order valence-corrected chi connectivity index (χ0v) is 11.4. The molecular formula is C13H16FN5O. The van der Waals surface area contributed by atoms with Crippen LogP contribution in [0.1, 0.15) is 18.9 Å². The lowest BCUT2D eigenvalue weighted by Crippen LogP contribution is -2.08. The smallest absolute Gasteiger partial charge is 0.323 e. The van der Waals surface area contributed by atoms with Crippen molar-refractivity contribution in [3.05, 3.63) is 29.6 Å². The Morgan fingerprint density at radius 2 is 2.10 bits per heavy atom. The van der Waals surface area contributed by atoms with E-state index in [1.54, 1.807) is 19.1 Å². The zero-order valence-electron chi connectivity index (χ0n) is 11.4. The van der Waals surface area contributed by atoms with Crippen LogP contribution >= 0.6 is 0 Å². The largest absolute Gasteiger partial charge is 0.463 e. The number of anilines is 3. The fourth-order valence-corrected chi connectivity index (χ4v) is 1.55. The molecule has 0 amide bonds. The SMILES string of the molecule is CCCOc1nc(N)nc(Nc2cccc(F)c2C)n1. The molecule has 7 heteroatoms. The van der Waals surface area contributed by atoms with Gasteiger partial charge >= 0.3 is 6.01 Å². The summed E-state index contributed by atoms with van der Waals surface area (Å²) in [7, 11) is 0. The van der Waals surface area contributed by atoms with Crippen LogP contribution in [0.3, 0.4) is 0 Å². The molecule has 3 N–H and O–H groups in total. The Bertz CT molecular complexity index is 605. The second kappa shape index (κ2) is 6.14. The lowest BCUT2D eigenvalue weighted by molar-refractivity contribution is 0.292. The average molecular weight is 277 g/mol. The number of halogens is 1. The quantitative estimate of drug-likeness (QED) is 0.873. The van der Waals surface area contributed by atoms with E-state index < -0.39 is 0 Å². The highest BCUT2D eigenvalue weighted by atomic mass is 19.1. The minimum atomic E-state index is -0.306. The first-order valence-electron chi connectivity index (χ1n) is 6.26. The summed E-state index contributed by atoms with van der Waals surface area (Å²) in [5.41, 5.74) is 6.64. The molecule has 0 unspecified atom stereocenters. The van der Waals surface area contributed by atoms with Gasteiger partial charge in [-0.25, -0.2) is 4.39 Å².